The fourth-order valence-electron chi connectivity index (χ4n) is 0.777. The molecule has 1 aromatic rings. The van der Waals surface area contributed by atoms with E-state index in [1.54, 1.807) is 20.3 Å². The third-order valence-corrected chi connectivity index (χ3v) is 1.57. The number of hydrogen-bond acceptors (Lipinski definition) is 2. The molecule has 0 atom stereocenters. The molecular formula is C9H13N3O. The van der Waals surface area contributed by atoms with E-state index in [4.69, 9.17) is 0 Å². The van der Waals surface area contributed by atoms with Crippen molar-refractivity contribution in [2.45, 2.75) is 6.92 Å². The quantitative estimate of drug-likeness (QED) is 0.709. The maximum atomic E-state index is 11.2. The van der Waals surface area contributed by atoms with Gasteiger partial charge in [0.2, 0.25) is 0 Å². The normalized spacial score (nSPS) is 9.46. The number of nitrogens with one attached hydrogen (secondary N) is 1. The number of hydrogen-bond donors (Lipinski definition) is 1. The first-order valence-corrected chi connectivity index (χ1v) is 4.00. The van der Waals surface area contributed by atoms with E-state index in [9.17, 15) is 4.79 Å². The Kier molecular flexibility index (Phi) is 2.84. The second-order valence-corrected chi connectivity index (χ2v) is 3.01. The van der Waals surface area contributed by atoms with E-state index >= 15 is 0 Å². The predicted molar refractivity (Wildman–Crippen MR) is 51.7 cm³/mol. The number of anilines is 1. The molecule has 2 amide bonds. The van der Waals surface area contributed by atoms with Crippen LogP contribution in [0.15, 0.2) is 18.3 Å². The topological polar surface area (TPSA) is 45.2 Å². The Hall–Kier alpha value is -1.58. The number of pyridine rings is 1. The van der Waals surface area contributed by atoms with Gasteiger partial charge in [-0.3, -0.25) is 4.98 Å². The number of aryl methyl sites for hydroxylation is 1. The van der Waals surface area contributed by atoms with Crippen LogP contribution in [-0.2, 0) is 0 Å². The SMILES string of the molecule is Cc1ccc(NC(=O)N(C)C)cn1. The molecule has 1 rings (SSSR count). The number of urea groups is 1. The Labute approximate surface area is 77.6 Å². The molecule has 0 saturated carbocycles. The molecule has 0 radical (unpaired) electrons. The van der Waals surface area contributed by atoms with E-state index in [0.717, 1.165) is 5.69 Å². The maximum absolute atomic E-state index is 11.2. The van der Waals surface area contributed by atoms with Crippen LogP contribution in [-0.4, -0.2) is 30.0 Å². The zero-order valence-electron chi connectivity index (χ0n) is 8.03. The number of nitrogens with zero attached hydrogens (tertiary/aromatic N) is 2. The van der Waals surface area contributed by atoms with Crippen LogP contribution < -0.4 is 5.32 Å². The lowest BCUT2D eigenvalue weighted by molar-refractivity contribution is 0.230. The Balaban J connectivity index is 2.65. The molecule has 0 unspecified atom stereocenters. The van der Waals surface area contributed by atoms with Crippen molar-refractivity contribution in [1.82, 2.24) is 9.88 Å². The summed E-state index contributed by atoms with van der Waals surface area (Å²) in [6, 6.07) is 3.53. The smallest absolute Gasteiger partial charge is 0.321 e. The average molecular weight is 179 g/mol. The van der Waals surface area contributed by atoms with Gasteiger partial charge >= 0.3 is 6.03 Å². The average Bonchev–Trinajstić information content (AvgIpc) is 2.08. The molecule has 1 aromatic heterocycles. The summed E-state index contributed by atoms with van der Waals surface area (Å²) in [5.74, 6) is 0. The van der Waals surface area contributed by atoms with Gasteiger partial charge in [0.05, 0.1) is 11.9 Å². The zero-order chi connectivity index (χ0) is 9.84. The highest BCUT2D eigenvalue weighted by atomic mass is 16.2. The number of aromatic nitrogens is 1. The molecule has 0 aliphatic rings. The monoisotopic (exact) mass is 179 g/mol. The number of amides is 2. The second kappa shape index (κ2) is 3.89. The first-order chi connectivity index (χ1) is 6.09. The van der Waals surface area contributed by atoms with Crippen LogP contribution in [0.3, 0.4) is 0 Å². The summed E-state index contributed by atoms with van der Waals surface area (Å²) >= 11 is 0. The zero-order valence-corrected chi connectivity index (χ0v) is 8.03. The standard InChI is InChI=1S/C9H13N3O/c1-7-4-5-8(6-10-7)11-9(13)12(2)3/h4-6H,1-3H3,(H,11,13). The molecule has 0 aromatic carbocycles. The van der Waals surface area contributed by atoms with Gasteiger partial charge in [-0.1, -0.05) is 0 Å². The molecule has 4 heteroatoms. The summed E-state index contributed by atoms with van der Waals surface area (Å²) in [5, 5.41) is 2.69. The number of carbonyl (C=O) groups is 1. The minimum absolute atomic E-state index is 0.148. The molecule has 0 aliphatic heterocycles. The van der Waals surface area contributed by atoms with Gasteiger partial charge in [0, 0.05) is 19.8 Å². The number of rotatable bonds is 1. The second-order valence-electron chi connectivity index (χ2n) is 3.01. The Morgan fingerprint density at radius 3 is 2.62 bits per heavy atom. The largest absolute Gasteiger partial charge is 0.331 e. The Morgan fingerprint density at radius 1 is 1.46 bits per heavy atom. The Bertz CT molecular complexity index is 292. The summed E-state index contributed by atoms with van der Waals surface area (Å²) < 4.78 is 0. The highest BCUT2D eigenvalue weighted by Crippen LogP contribution is 2.05. The molecule has 1 N–H and O–H groups in total. The van der Waals surface area contributed by atoms with Gasteiger partial charge < -0.3 is 10.2 Å². The van der Waals surface area contributed by atoms with Crippen LogP contribution in [0.2, 0.25) is 0 Å². The Morgan fingerprint density at radius 2 is 2.15 bits per heavy atom. The van der Waals surface area contributed by atoms with Crippen molar-refractivity contribution in [3.8, 4) is 0 Å². The molecular weight excluding hydrogens is 166 g/mol. The van der Waals surface area contributed by atoms with Crippen molar-refractivity contribution in [2.24, 2.45) is 0 Å². The van der Waals surface area contributed by atoms with E-state index < -0.39 is 0 Å². The lowest BCUT2D eigenvalue weighted by atomic mass is 10.3. The van der Waals surface area contributed by atoms with Crippen LogP contribution in [0.5, 0.6) is 0 Å². The minimum Gasteiger partial charge on any atom is -0.331 e. The third-order valence-electron chi connectivity index (χ3n) is 1.57. The van der Waals surface area contributed by atoms with E-state index in [0.29, 0.717) is 5.69 Å². The molecule has 0 bridgehead atoms. The fourth-order valence-corrected chi connectivity index (χ4v) is 0.777. The van der Waals surface area contributed by atoms with Gasteiger partial charge in [0.25, 0.3) is 0 Å². The lowest BCUT2D eigenvalue weighted by Crippen LogP contribution is -2.27. The van der Waals surface area contributed by atoms with Gasteiger partial charge in [-0.05, 0) is 19.1 Å². The summed E-state index contributed by atoms with van der Waals surface area (Å²) in [7, 11) is 3.38. The fraction of sp³-hybridized carbons (Fsp3) is 0.333. The van der Waals surface area contributed by atoms with Crippen LogP contribution in [0.4, 0.5) is 10.5 Å². The van der Waals surface area contributed by atoms with E-state index in [-0.39, 0.29) is 6.03 Å². The first-order valence-electron chi connectivity index (χ1n) is 4.00. The van der Waals surface area contributed by atoms with Crippen molar-refractivity contribution >= 4 is 11.7 Å². The predicted octanol–water partition coefficient (Wildman–Crippen LogP) is 1.48. The first kappa shape index (κ1) is 9.51. The highest BCUT2D eigenvalue weighted by molar-refractivity contribution is 5.88. The van der Waals surface area contributed by atoms with Gasteiger partial charge in [0.1, 0.15) is 0 Å². The molecule has 70 valence electrons. The van der Waals surface area contributed by atoms with Crippen molar-refractivity contribution in [3.05, 3.63) is 24.0 Å². The number of carbonyl (C=O) groups excluding carboxylic acids is 1. The van der Waals surface area contributed by atoms with Crippen LogP contribution in [0.1, 0.15) is 5.69 Å². The van der Waals surface area contributed by atoms with Gasteiger partial charge in [-0.2, -0.15) is 0 Å². The molecule has 0 aliphatic carbocycles. The van der Waals surface area contributed by atoms with Crippen molar-refractivity contribution in [2.75, 3.05) is 19.4 Å². The van der Waals surface area contributed by atoms with Crippen LogP contribution in [0.25, 0.3) is 0 Å². The van der Waals surface area contributed by atoms with E-state index in [1.807, 2.05) is 19.1 Å². The molecule has 0 saturated heterocycles. The van der Waals surface area contributed by atoms with Gasteiger partial charge in [-0.15, -0.1) is 0 Å². The summed E-state index contributed by atoms with van der Waals surface area (Å²) in [5.41, 5.74) is 1.65. The lowest BCUT2D eigenvalue weighted by Gasteiger charge is -2.11. The summed E-state index contributed by atoms with van der Waals surface area (Å²) in [4.78, 5) is 16.7. The summed E-state index contributed by atoms with van der Waals surface area (Å²) in [6.45, 7) is 1.90. The van der Waals surface area contributed by atoms with Crippen LogP contribution >= 0.6 is 0 Å². The van der Waals surface area contributed by atoms with Crippen molar-refractivity contribution < 1.29 is 4.79 Å². The summed E-state index contributed by atoms with van der Waals surface area (Å²) in [6.07, 6.45) is 1.64. The third kappa shape index (κ3) is 2.74. The molecule has 0 spiro atoms. The van der Waals surface area contributed by atoms with Gasteiger partial charge in [0.15, 0.2) is 0 Å². The molecule has 4 nitrogen and oxygen atoms in total. The van der Waals surface area contributed by atoms with E-state index in [1.165, 1.54) is 4.90 Å². The van der Waals surface area contributed by atoms with Crippen molar-refractivity contribution in [1.29, 1.82) is 0 Å². The van der Waals surface area contributed by atoms with Crippen LogP contribution in [0, 0.1) is 6.92 Å². The van der Waals surface area contributed by atoms with Gasteiger partial charge in [-0.25, -0.2) is 4.79 Å². The van der Waals surface area contributed by atoms with Crippen molar-refractivity contribution in [3.63, 3.8) is 0 Å². The van der Waals surface area contributed by atoms with E-state index in [2.05, 4.69) is 10.3 Å². The molecule has 13 heavy (non-hydrogen) atoms. The minimum atomic E-state index is -0.148. The highest BCUT2D eigenvalue weighted by Gasteiger charge is 2.02. The molecule has 0 fully saturated rings. The maximum Gasteiger partial charge on any atom is 0.321 e. The molecule has 1 heterocycles.